The normalized spacial score (nSPS) is 11.4. The summed E-state index contributed by atoms with van der Waals surface area (Å²) in [7, 11) is -10.7. The third kappa shape index (κ3) is 14.5. The van der Waals surface area contributed by atoms with Crippen molar-refractivity contribution in [2.75, 3.05) is 5.32 Å². The number of phenolic OH excluding ortho intramolecular Hbond substituents is 1. The van der Waals surface area contributed by atoms with Crippen LogP contribution in [-0.2, 0) is 31.3 Å². The van der Waals surface area contributed by atoms with Gasteiger partial charge in [-0.05, 0) is 159 Å². The molecule has 0 unspecified atom stereocenters. The van der Waals surface area contributed by atoms with Crippen molar-refractivity contribution >= 4 is 99.0 Å². The lowest BCUT2D eigenvalue weighted by atomic mass is 10.1. The molecule has 3 N–H and O–H groups in total. The zero-order chi connectivity index (χ0) is 48.8. The summed E-state index contributed by atoms with van der Waals surface area (Å²) < 4.78 is 83.6. The van der Waals surface area contributed by atoms with E-state index in [1.165, 1.54) is 18.2 Å². The number of fused-ring (bicyclic) bond motifs is 1. The molecule has 0 spiro atoms. The first kappa shape index (κ1) is 50.0. The quantitative estimate of drug-likeness (QED) is 0.0809. The summed E-state index contributed by atoms with van der Waals surface area (Å²) in [6.45, 7) is 9.52. The van der Waals surface area contributed by atoms with Crippen LogP contribution in [-0.4, -0.2) is 43.3 Å². The van der Waals surface area contributed by atoms with Gasteiger partial charge in [0.25, 0.3) is 10.1 Å². The van der Waals surface area contributed by atoms with Crippen molar-refractivity contribution in [2.45, 2.75) is 39.5 Å². The standard InChI is InChI=1S/C45H39N9O4S.2O3S/c1-27-21-35(17-20-38(27)49-54-44-30(4)22-36(23-31(44)5)48-50-39-13-9-10-14-43(39)59(56,57)58)47-52-41-24-29(3)42(25-28(41)2)53-51-40-19-15-32-26-34(16-18-37(32)45(40)55)46-33-11-7-6-8-12-33;2*1-4(2)3/h6-26,46,55H,1-5H3,(H,56,57,58);;. The molecule has 0 aliphatic rings. The van der Waals surface area contributed by atoms with Crippen LogP contribution in [0, 0.1) is 34.6 Å². The number of para-hydroxylation sites is 1. The number of azo groups is 4. The predicted molar refractivity (Wildman–Crippen MR) is 251 cm³/mol. The third-order valence-electron chi connectivity index (χ3n) is 9.42. The van der Waals surface area contributed by atoms with Gasteiger partial charge in [-0.3, -0.25) is 4.55 Å². The Balaban J connectivity index is 0.000000973. The van der Waals surface area contributed by atoms with E-state index < -0.39 is 31.3 Å². The van der Waals surface area contributed by atoms with Crippen molar-refractivity contribution in [1.29, 1.82) is 0 Å². The topological polar surface area (TPSA) is 288 Å². The summed E-state index contributed by atoms with van der Waals surface area (Å²) >= 11 is 0. The maximum absolute atomic E-state index is 11.7. The molecule has 0 radical (unpaired) electrons. The molecule has 342 valence electrons. The summed E-state index contributed by atoms with van der Waals surface area (Å²) in [5, 5.41) is 51.1. The molecular formula is C45H39N9O10S3. The average molecular weight is 962 g/mol. The van der Waals surface area contributed by atoms with Crippen LogP contribution in [0.1, 0.15) is 27.8 Å². The summed E-state index contributed by atoms with van der Waals surface area (Å²) in [6, 6.07) is 38.0. The third-order valence-corrected chi connectivity index (χ3v) is 10.3. The van der Waals surface area contributed by atoms with Gasteiger partial charge in [-0.1, -0.05) is 36.4 Å². The number of nitrogens with zero attached hydrogens (tertiary/aromatic N) is 8. The van der Waals surface area contributed by atoms with Crippen LogP contribution in [0.3, 0.4) is 0 Å². The minimum Gasteiger partial charge on any atom is -0.505 e. The Morgan fingerprint density at radius 3 is 1.55 bits per heavy atom. The van der Waals surface area contributed by atoms with E-state index in [0.717, 1.165) is 44.6 Å². The number of nitrogens with one attached hydrogen (secondary N) is 1. The number of aryl methyl sites for hydroxylation is 5. The van der Waals surface area contributed by atoms with Gasteiger partial charge in [0.2, 0.25) is 0 Å². The Morgan fingerprint density at radius 2 is 0.940 bits per heavy atom. The molecule has 0 aromatic heterocycles. The number of benzene rings is 7. The molecule has 0 bridgehead atoms. The maximum Gasteiger partial charge on any atom is 0.425 e. The zero-order valence-corrected chi connectivity index (χ0v) is 38.5. The fourth-order valence-corrected chi connectivity index (χ4v) is 6.93. The molecule has 7 aromatic rings. The second-order valence-corrected chi connectivity index (χ2v) is 16.5. The van der Waals surface area contributed by atoms with Crippen molar-refractivity contribution < 1.29 is 43.3 Å². The maximum atomic E-state index is 11.7. The molecule has 19 nitrogen and oxygen atoms in total. The predicted octanol–water partition coefficient (Wildman–Crippen LogP) is 12.7. The first-order chi connectivity index (χ1) is 31.8. The monoisotopic (exact) mass is 961 g/mol. The van der Waals surface area contributed by atoms with E-state index in [2.05, 4.69) is 46.2 Å². The van der Waals surface area contributed by atoms with Crippen LogP contribution < -0.4 is 5.32 Å². The highest BCUT2D eigenvalue weighted by atomic mass is 32.2. The van der Waals surface area contributed by atoms with Gasteiger partial charge >= 0.3 is 21.2 Å². The molecule has 0 amide bonds. The number of rotatable bonds is 11. The lowest BCUT2D eigenvalue weighted by molar-refractivity contribution is 0.482. The van der Waals surface area contributed by atoms with Gasteiger partial charge in [-0.25, -0.2) is 0 Å². The van der Waals surface area contributed by atoms with Gasteiger partial charge < -0.3 is 10.4 Å². The first-order valence-electron chi connectivity index (χ1n) is 19.5. The molecule has 0 saturated carbocycles. The molecule has 22 heteroatoms. The van der Waals surface area contributed by atoms with E-state index in [1.54, 1.807) is 24.3 Å². The molecule has 0 heterocycles. The highest BCUT2D eigenvalue weighted by Crippen LogP contribution is 2.39. The molecule has 0 fully saturated rings. The molecule has 0 atom stereocenters. The molecule has 0 aliphatic carbocycles. The molecule has 0 aliphatic heterocycles. The Morgan fingerprint density at radius 1 is 0.448 bits per heavy atom. The van der Waals surface area contributed by atoms with Crippen LogP contribution >= 0.6 is 0 Å². The first-order valence-corrected chi connectivity index (χ1v) is 22.9. The number of hydrogen-bond acceptors (Lipinski definition) is 18. The largest absolute Gasteiger partial charge is 0.505 e. The van der Waals surface area contributed by atoms with Crippen LogP contribution in [0.15, 0.2) is 173 Å². The second kappa shape index (κ2) is 22.7. The second-order valence-electron chi connectivity index (χ2n) is 14.3. The fourth-order valence-electron chi connectivity index (χ4n) is 6.30. The van der Waals surface area contributed by atoms with Gasteiger partial charge in [-0.15, -0.1) is 40.6 Å². The Labute approximate surface area is 387 Å². The van der Waals surface area contributed by atoms with Crippen molar-refractivity contribution in [3.63, 3.8) is 0 Å². The van der Waals surface area contributed by atoms with Gasteiger partial charge in [0.05, 0.1) is 34.1 Å². The smallest absolute Gasteiger partial charge is 0.425 e. The number of hydrogen-bond donors (Lipinski definition) is 3. The van der Waals surface area contributed by atoms with Crippen molar-refractivity contribution in [3.8, 4) is 5.75 Å². The molecule has 7 aromatic carbocycles. The molecule has 7 rings (SSSR count). The zero-order valence-electron chi connectivity index (χ0n) is 36.1. The van der Waals surface area contributed by atoms with E-state index in [4.69, 9.17) is 25.3 Å². The van der Waals surface area contributed by atoms with Gasteiger partial charge in [0, 0.05) is 16.8 Å². The summed E-state index contributed by atoms with van der Waals surface area (Å²) in [5.74, 6) is 0.0602. The van der Waals surface area contributed by atoms with Crippen molar-refractivity contribution in [1.82, 2.24) is 0 Å². The van der Waals surface area contributed by atoms with E-state index in [-0.39, 0.29) is 16.3 Å². The lowest BCUT2D eigenvalue weighted by Gasteiger charge is -2.09. The molecule has 67 heavy (non-hydrogen) atoms. The van der Waals surface area contributed by atoms with Crippen LogP contribution in [0.5, 0.6) is 5.75 Å². The van der Waals surface area contributed by atoms with Crippen LogP contribution in [0.25, 0.3) is 10.8 Å². The lowest BCUT2D eigenvalue weighted by Crippen LogP contribution is -1.97. The Hall–Kier alpha value is -8.05. The van der Waals surface area contributed by atoms with Gasteiger partial charge in [-0.2, -0.15) is 34.0 Å². The number of anilines is 2. The van der Waals surface area contributed by atoms with Crippen LogP contribution in [0.2, 0.25) is 0 Å². The van der Waals surface area contributed by atoms with E-state index in [1.807, 2.05) is 120 Å². The van der Waals surface area contributed by atoms with E-state index in [9.17, 15) is 18.1 Å². The Kier molecular flexibility index (Phi) is 16.9. The molecule has 0 saturated heterocycles. The SMILES string of the molecule is Cc1cc(N=Nc2ccc3cc(Nc4ccccc4)ccc3c2O)c(C)cc1N=Nc1ccc(N=Nc2c(C)cc(N=Nc3ccccc3S(=O)(=O)O)cc2C)c(C)c1.O=S(=O)=O.O=S(=O)=O. The van der Waals surface area contributed by atoms with Gasteiger partial charge in [0.1, 0.15) is 16.3 Å². The van der Waals surface area contributed by atoms with E-state index in [0.29, 0.717) is 45.2 Å². The molecular weight excluding hydrogens is 923 g/mol. The highest BCUT2D eigenvalue weighted by Gasteiger charge is 2.15. The van der Waals surface area contributed by atoms with E-state index >= 15 is 0 Å². The number of phenols is 1. The summed E-state index contributed by atoms with van der Waals surface area (Å²) in [5.41, 5.74) is 10.3. The van der Waals surface area contributed by atoms with Crippen molar-refractivity contribution in [2.24, 2.45) is 40.9 Å². The number of aromatic hydroxyl groups is 1. The Bertz CT molecular complexity index is 3400. The highest BCUT2D eigenvalue weighted by molar-refractivity contribution is 7.86. The summed E-state index contributed by atoms with van der Waals surface area (Å²) in [4.78, 5) is -0.322. The minimum atomic E-state index is -4.45. The van der Waals surface area contributed by atoms with Crippen LogP contribution in [0.4, 0.5) is 56.9 Å². The van der Waals surface area contributed by atoms with Gasteiger partial charge in [0.15, 0.2) is 5.75 Å². The fraction of sp³-hybridized carbons (Fsp3) is 0.111. The minimum absolute atomic E-state index is 0.0292. The van der Waals surface area contributed by atoms with Crippen molar-refractivity contribution in [3.05, 3.63) is 155 Å². The average Bonchev–Trinajstić information content (AvgIpc) is 3.26. The summed E-state index contributed by atoms with van der Waals surface area (Å²) in [6.07, 6.45) is 0.